The number of carbonyl (C=O) groups is 1. The van der Waals surface area contributed by atoms with Gasteiger partial charge in [-0.25, -0.2) is 12.8 Å². The van der Waals surface area contributed by atoms with Gasteiger partial charge in [-0.1, -0.05) is 6.07 Å². The lowest BCUT2D eigenvalue weighted by molar-refractivity contribution is 0.100. The van der Waals surface area contributed by atoms with Crippen LogP contribution in [0.1, 0.15) is 15.9 Å². The van der Waals surface area contributed by atoms with Gasteiger partial charge in [-0.2, -0.15) is 0 Å². The summed E-state index contributed by atoms with van der Waals surface area (Å²) >= 11 is 0. The molecule has 0 heterocycles. The van der Waals surface area contributed by atoms with Gasteiger partial charge in [-0.05, 0) is 48.9 Å². The average Bonchev–Trinajstić information content (AvgIpc) is 2.49. The van der Waals surface area contributed by atoms with Crippen molar-refractivity contribution in [2.75, 3.05) is 11.4 Å². The number of rotatable bonds is 4. The average molecular weight is 322 g/mol. The lowest BCUT2D eigenvalue weighted by Gasteiger charge is -2.20. The number of hydrogen-bond donors (Lipinski definition) is 1. The van der Waals surface area contributed by atoms with E-state index >= 15 is 0 Å². The zero-order valence-corrected chi connectivity index (χ0v) is 12.9. The van der Waals surface area contributed by atoms with E-state index in [0.717, 1.165) is 10.4 Å². The van der Waals surface area contributed by atoms with E-state index in [4.69, 9.17) is 5.73 Å². The second kappa shape index (κ2) is 5.76. The van der Waals surface area contributed by atoms with Crippen molar-refractivity contribution in [2.45, 2.75) is 11.8 Å². The van der Waals surface area contributed by atoms with E-state index in [1.807, 2.05) is 0 Å². The van der Waals surface area contributed by atoms with Gasteiger partial charge in [0.15, 0.2) is 0 Å². The Kier molecular flexibility index (Phi) is 4.18. The SMILES string of the molecule is Cc1ccc(S(=O)(=O)N(C)c2ccc(C(N)=O)cc2)cc1F. The van der Waals surface area contributed by atoms with Gasteiger partial charge in [-0.3, -0.25) is 9.10 Å². The van der Waals surface area contributed by atoms with Gasteiger partial charge in [0, 0.05) is 12.6 Å². The lowest BCUT2D eigenvalue weighted by atomic mass is 10.2. The van der Waals surface area contributed by atoms with Crippen LogP contribution in [0.2, 0.25) is 0 Å². The second-order valence-electron chi connectivity index (χ2n) is 4.79. The molecule has 22 heavy (non-hydrogen) atoms. The standard InChI is InChI=1S/C15H15FN2O3S/c1-10-3-8-13(9-14(10)16)22(20,21)18(2)12-6-4-11(5-7-12)15(17)19/h3-9H,1-2H3,(H2,17,19). The van der Waals surface area contributed by atoms with Gasteiger partial charge in [0.1, 0.15) is 5.82 Å². The fourth-order valence-corrected chi connectivity index (χ4v) is 3.07. The number of anilines is 1. The Morgan fingerprint density at radius 1 is 1.14 bits per heavy atom. The number of benzene rings is 2. The van der Waals surface area contributed by atoms with Gasteiger partial charge in [0.2, 0.25) is 5.91 Å². The van der Waals surface area contributed by atoms with Crippen LogP contribution in [0.15, 0.2) is 47.4 Å². The Balaban J connectivity index is 2.39. The highest BCUT2D eigenvalue weighted by molar-refractivity contribution is 7.92. The Labute approximate surface area is 128 Å². The van der Waals surface area contributed by atoms with Crippen molar-refractivity contribution in [1.82, 2.24) is 0 Å². The number of carbonyl (C=O) groups excluding carboxylic acids is 1. The molecule has 2 aromatic rings. The molecule has 0 aromatic heterocycles. The van der Waals surface area contributed by atoms with Crippen LogP contribution in [0.4, 0.5) is 10.1 Å². The monoisotopic (exact) mass is 322 g/mol. The number of hydrogen-bond acceptors (Lipinski definition) is 3. The van der Waals surface area contributed by atoms with Gasteiger partial charge in [-0.15, -0.1) is 0 Å². The van der Waals surface area contributed by atoms with E-state index in [0.29, 0.717) is 11.3 Å². The van der Waals surface area contributed by atoms with Crippen molar-refractivity contribution in [3.8, 4) is 0 Å². The molecular formula is C15H15FN2O3S. The quantitative estimate of drug-likeness (QED) is 0.935. The summed E-state index contributed by atoms with van der Waals surface area (Å²) in [6.07, 6.45) is 0. The zero-order chi connectivity index (χ0) is 16.5. The molecule has 0 fully saturated rings. The van der Waals surface area contributed by atoms with Gasteiger partial charge in [0.05, 0.1) is 10.6 Å². The minimum absolute atomic E-state index is 0.142. The molecule has 0 saturated heterocycles. The molecule has 0 radical (unpaired) electrons. The smallest absolute Gasteiger partial charge is 0.264 e. The van der Waals surface area contributed by atoms with E-state index in [1.54, 1.807) is 6.92 Å². The molecule has 2 aromatic carbocycles. The number of primary amides is 1. The van der Waals surface area contributed by atoms with Crippen LogP contribution in [0.25, 0.3) is 0 Å². The van der Waals surface area contributed by atoms with Crippen LogP contribution in [0, 0.1) is 12.7 Å². The molecule has 7 heteroatoms. The first-order chi connectivity index (χ1) is 10.2. The topological polar surface area (TPSA) is 80.5 Å². The van der Waals surface area contributed by atoms with E-state index < -0.39 is 21.7 Å². The third kappa shape index (κ3) is 2.94. The van der Waals surface area contributed by atoms with Crippen molar-refractivity contribution in [3.05, 3.63) is 59.4 Å². The van der Waals surface area contributed by atoms with Crippen LogP contribution < -0.4 is 10.0 Å². The number of aryl methyl sites for hydroxylation is 1. The van der Waals surface area contributed by atoms with E-state index in [1.165, 1.54) is 43.4 Å². The summed E-state index contributed by atoms with van der Waals surface area (Å²) in [6.45, 7) is 1.55. The molecule has 0 aliphatic carbocycles. The largest absolute Gasteiger partial charge is 0.366 e. The van der Waals surface area contributed by atoms with Crippen LogP contribution in [0.3, 0.4) is 0 Å². The molecule has 0 bridgehead atoms. The predicted molar refractivity (Wildman–Crippen MR) is 81.7 cm³/mol. The van der Waals surface area contributed by atoms with Gasteiger partial charge < -0.3 is 5.73 Å². The highest BCUT2D eigenvalue weighted by Gasteiger charge is 2.22. The summed E-state index contributed by atoms with van der Waals surface area (Å²) in [6, 6.07) is 9.52. The highest BCUT2D eigenvalue weighted by Crippen LogP contribution is 2.23. The van der Waals surface area contributed by atoms with Crippen molar-refractivity contribution >= 4 is 21.6 Å². The summed E-state index contributed by atoms with van der Waals surface area (Å²) in [5.41, 5.74) is 6.12. The summed E-state index contributed by atoms with van der Waals surface area (Å²) in [4.78, 5) is 10.9. The summed E-state index contributed by atoms with van der Waals surface area (Å²) in [5.74, 6) is -1.18. The number of nitrogens with two attached hydrogens (primary N) is 1. The first-order valence-electron chi connectivity index (χ1n) is 6.38. The molecule has 0 saturated carbocycles. The molecule has 5 nitrogen and oxygen atoms in total. The van der Waals surface area contributed by atoms with Crippen molar-refractivity contribution in [2.24, 2.45) is 5.73 Å². The Bertz CT molecular complexity index is 817. The first-order valence-corrected chi connectivity index (χ1v) is 7.82. The van der Waals surface area contributed by atoms with Gasteiger partial charge >= 0.3 is 0 Å². The fraction of sp³-hybridized carbons (Fsp3) is 0.133. The van der Waals surface area contributed by atoms with Crippen LogP contribution in [0.5, 0.6) is 0 Å². The molecule has 0 spiro atoms. The van der Waals surface area contributed by atoms with Crippen molar-refractivity contribution < 1.29 is 17.6 Å². The molecule has 2 N–H and O–H groups in total. The first kappa shape index (κ1) is 16.0. The number of nitrogens with zero attached hydrogens (tertiary/aromatic N) is 1. The third-order valence-corrected chi connectivity index (χ3v) is 5.10. The van der Waals surface area contributed by atoms with E-state index in [-0.39, 0.29) is 10.5 Å². The molecule has 0 unspecified atom stereocenters. The number of amides is 1. The van der Waals surface area contributed by atoms with Crippen molar-refractivity contribution in [1.29, 1.82) is 0 Å². The molecule has 0 atom stereocenters. The fourth-order valence-electron chi connectivity index (χ4n) is 1.87. The van der Waals surface area contributed by atoms with Crippen LogP contribution in [-0.2, 0) is 10.0 Å². The number of sulfonamides is 1. The Hall–Kier alpha value is -2.41. The Morgan fingerprint density at radius 3 is 2.23 bits per heavy atom. The molecule has 0 aliphatic rings. The van der Waals surface area contributed by atoms with Gasteiger partial charge in [0.25, 0.3) is 10.0 Å². The highest BCUT2D eigenvalue weighted by atomic mass is 32.2. The molecule has 0 aliphatic heterocycles. The lowest BCUT2D eigenvalue weighted by Crippen LogP contribution is -2.26. The van der Waals surface area contributed by atoms with E-state index in [9.17, 15) is 17.6 Å². The molecular weight excluding hydrogens is 307 g/mol. The maximum Gasteiger partial charge on any atom is 0.264 e. The van der Waals surface area contributed by atoms with E-state index in [2.05, 4.69) is 0 Å². The summed E-state index contributed by atoms with van der Waals surface area (Å²) in [7, 11) is -2.53. The molecule has 2 rings (SSSR count). The maximum absolute atomic E-state index is 13.6. The minimum atomic E-state index is -3.89. The molecule has 1 amide bonds. The van der Waals surface area contributed by atoms with Crippen molar-refractivity contribution in [3.63, 3.8) is 0 Å². The van der Waals surface area contributed by atoms with Crippen LogP contribution >= 0.6 is 0 Å². The second-order valence-corrected chi connectivity index (χ2v) is 6.76. The van der Waals surface area contributed by atoms with Crippen LogP contribution in [-0.4, -0.2) is 21.4 Å². The minimum Gasteiger partial charge on any atom is -0.366 e. The zero-order valence-electron chi connectivity index (χ0n) is 12.1. The summed E-state index contributed by atoms with van der Waals surface area (Å²) < 4.78 is 39.6. The molecule has 116 valence electrons. The summed E-state index contributed by atoms with van der Waals surface area (Å²) in [5, 5.41) is 0. The maximum atomic E-state index is 13.6. The normalized spacial score (nSPS) is 11.2. The number of halogens is 1. The third-order valence-electron chi connectivity index (χ3n) is 3.32. The predicted octanol–water partition coefficient (Wildman–Crippen LogP) is 2.06. The Morgan fingerprint density at radius 2 is 1.73 bits per heavy atom.